The summed E-state index contributed by atoms with van der Waals surface area (Å²) in [5.74, 6) is 3.31. The van der Waals surface area contributed by atoms with Gasteiger partial charge in [-0.2, -0.15) is 5.10 Å². The van der Waals surface area contributed by atoms with Gasteiger partial charge in [-0.25, -0.2) is 4.98 Å². The number of anilines is 3. The van der Waals surface area contributed by atoms with Crippen LogP contribution in [-0.4, -0.2) is 55.6 Å². The predicted octanol–water partition coefficient (Wildman–Crippen LogP) is 3.54. The molecular weight excluding hydrogens is 428 g/mol. The highest BCUT2D eigenvalue weighted by molar-refractivity contribution is 5.93. The summed E-state index contributed by atoms with van der Waals surface area (Å²) in [6, 6.07) is 18.2. The van der Waals surface area contributed by atoms with Gasteiger partial charge in [0.05, 0.1) is 31.8 Å². The highest BCUT2D eigenvalue weighted by Gasteiger charge is 2.22. The van der Waals surface area contributed by atoms with Gasteiger partial charge in [0.15, 0.2) is 17.3 Å². The first kappa shape index (κ1) is 21.8. The van der Waals surface area contributed by atoms with E-state index in [9.17, 15) is 0 Å². The molecule has 0 atom stereocenters. The Bertz CT molecular complexity index is 1290. The van der Waals surface area contributed by atoms with Crippen LogP contribution in [0.25, 0.3) is 10.8 Å². The van der Waals surface area contributed by atoms with Gasteiger partial charge in [0.25, 0.3) is 0 Å². The summed E-state index contributed by atoms with van der Waals surface area (Å²) in [4.78, 5) is 9.05. The molecule has 8 nitrogen and oxygen atoms in total. The van der Waals surface area contributed by atoms with Crippen LogP contribution in [0.1, 0.15) is 11.3 Å². The van der Waals surface area contributed by atoms with Gasteiger partial charge in [0.2, 0.25) is 0 Å². The van der Waals surface area contributed by atoms with Crippen LogP contribution in [0.5, 0.6) is 11.5 Å². The van der Waals surface area contributed by atoms with E-state index in [4.69, 9.17) is 15.2 Å². The fourth-order valence-corrected chi connectivity index (χ4v) is 4.43. The maximum Gasteiger partial charge on any atom is 0.160 e. The van der Waals surface area contributed by atoms with Crippen molar-refractivity contribution in [1.29, 1.82) is 0 Å². The second kappa shape index (κ2) is 9.43. The highest BCUT2D eigenvalue weighted by atomic mass is 16.5. The second-order valence-electron chi connectivity index (χ2n) is 8.31. The number of methoxy groups -OCH3 is 2. The lowest BCUT2D eigenvalue weighted by Crippen LogP contribution is -2.47. The third-order valence-corrected chi connectivity index (χ3v) is 6.24. The van der Waals surface area contributed by atoms with E-state index in [0.29, 0.717) is 23.6 Å². The molecule has 0 saturated carbocycles. The van der Waals surface area contributed by atoms with Crippen LogP contribution in [-0.2, 0) is 6.42 Å². The molecule has 0 radical (unpaired) electrons. The minimum absolute atomic E-state index is 0.657. The molecule has 5 rings (SSSR count). The van der Waals surface area contributed by atoms with Gasteiger partial charge in [-0.1, -0.05) is 30.3 Å². The molecule has 0 aliphatic carbocycles. The molecule has 34 heavy (non-hydrogen) atoms. The molecule has 1 aliphatic rings. The summed E-state index contributed by atoms with van der Waals surface area (Å²) in [5, 5.41) is 11.6. The van der Waals surface area contributed by atoms with Crippen LogP contribution < -0.4 is 25.0 Å². The minimum atomic E-state index is 0.657. The predicted molar refractivity (Wildman–Crippen MR) is 135 cm³/mol. The monoisotopic (exact) mass is 456 g/mol. The van der Waals surface area contributed by atoms with E-state index in [0.717, 1.165) is 59.8 Å². The lowest BCUT2D eigenvalue weighted by Gasteiger charge is -2.36. The van der Waals surface area contributed by atoms with Crippen molar-refractivity contribution in [2.24, 2.45) is 0 Å². The Morgan fingerprint density at radius 2 is 1.56 bits per heavy atom. The summed E-state index contributed by atoms with van der Waals surface area (Å²) in [5.41, 5.74) is 8.49. The van der Waals surface area contributed by atoms with Crippen LogP contribution >= 0.6 is 0 Å². The van der Waals surface area contributed by atoms with Crippen LogP contribution in [0.3, 0.4) is 0 Å². The molecule has 3 heterocycles. The van der Waals surface area contributed by atoms with E-state index in [-0.39, 0.29) is 0 Å². The van der Waals surface area contributed by atoms with Crippen LogP contribution in [0.4, 0.5) is 17.3 Å². The molecule has 8 heteroatoms. The maximum atomic E-state index is 5.78. The molecular formula is C26H28N6O2. The average molecular weight is 457 g/mol. The fourth-order valence-electron chi connectivity index (χ4n) is 4.43. The van der Waals surface area contributed by atoms with Crippen molar-refractivity contribution >= 4 is 28.1 Å². The topological polar surface area (TPSA) is 89.6 Å². The SMILES string of the molecule is COc1ccc(Cc2nnc(N3CCN(c4ccc(N)cn4)CC3)c3ccccc23)cc1OC. The van der Waals surface area contributed by atoms with E-state index in [1.54, 1.807) is 20.4 Å². The van der Waals surface area contributed by atoms with Crippen LogP contribution in [0, 0.1) is 0 Å². The van der Waals surface area contributed by atoms with Crippen molar-refractivity contribution in [3.8, 4) is 11.5 Å². The minimum Gasteiger partial charge on any atom is -0.493 e. The van der Waals surface area contributed by atoms with E-state index < -0.39 is 0 Å². The quantitative estimate of drug-likeness (QED) is 0.471. The Balaban J connectivity index is 1.38. The normalized spacial score (nSPS) is 13.8. The molecule has 0 bridgehead atoms. The first-order valence-electron chi connectivity index (χ1n) is 11.3. The highest BCUT2D eigenvalue weighted by Crippen LogP contribution is 2.31. The molecule has 2 aromatic heterocycles. The Morgan fingerprint density at radius 1 is 0.824 bits per heavy atom. The number of hydrogen-bond donors (Lipinski definition) is 1. The van der Waals surface area contributed by atoms with Crippen molar-refractivity contribution in [3.63, 3.8) is 0 Å². The zero-order valence-corrected chi connectivity index (χ0v) is 19.4. The average Bonchev–Trinajstić information content (AvgIpc) is 2.89. The van der Waals surface area contributed by atoms with Gasteiger partial charge in [0.1, 0.15) is 5.82 Å². The number of hydrogen-bond acceptors (Lipinski definition) is 8. The fraction of sp³-hybridized carbons (Fsp3) is 0.269. The molecule has 1 fully saturated rings. The lowest BCUT2D eigenvalue weighted by atomic mass is 10.0. The molecule has 1 saturated heterocycles. The molecule has 4 aromatic rings. The molecule has 0 amide bonds. The Kier molecular flexibility index (Phi) is 6.03. The van der Waals surface area contributed by atoms with Crippen molar-refractivity contribution in [2.75, 3.05) is 55.9 Å². The number of piperazine rings is 1. The third-order valence-electron chi connectivity index (χ3n) is 6.24. The Labute approximate surface area is 198 Å². The van der Waals surface area contributed by atoms with Crippen molar-refractivity contribution in [3.05, 3.63) is 72.1 Å². The Hall–Kier alpha value is -4.07. The third kappa shape index (κ3) is 4.26. The van der Waals surface area contributed by atoms with Crippen molar-refractivity contribution in [2.45, 2.75) is 6.42 Å². The molecule has 0 unspecified atom stereocenters. The van der Waals surface area contributed by atoms with Crippen molar-refractivity contribution in [1.82, 2.24) is 15.2 Å². The molecule has 2 N–H and O–H groups in total. The number of ether oxygens (including phenoxy) is 2. The summed E-state index contributed by atoms with van der Waals surface area (Å²) < 4.78 is 10.8. The zero-order valence-electron chi connectivity index (χ0n) is 19.4. The van der Waals surface area contributed by atoms with E-state index in [2.05, 4.69) is 49.2 Å². The van der Waals surface area contributed by atoms with Crippen molar-refractivity contribution < 1.29 is 9.47 Å². The number of nitrogens with two attached hydrogens (primary N) is 1. The largest absolute Gasteiger partial charge is 0.493 e. The van der Waals surface area contributed by atoms with Gasteiger partial charge in [0, 0.05) is 43.4 Å². The first-order valence-corrected chi connectivity index (χ1v) is 11.3. The van der Waals surface area contributed by atoms with Gasteiger partial charge in [-0.15, -0.1) is 5.10 Å². The Morgan fingerprint density at radius 3 is 2.26 bits per heavy atom. The smallest absolute Gasteiger partial charge is 0.160 e. The number of nitrogens with zero attached hydrogens (tertiary/aromatic N) is 5. The lowest BCUT2D eigenvalue weighted by molar-refractivity contribution is 0.354. The zero-order chi connectivity index (χ0) is 23.5. The van der Waals surface area contributed by atoms with Gasteiger partial charge < -0.3 is 25.0 Å². The summed E-state index contributed by atoms with van der Waals surface area (Å²) >= 11 is 0. The number of benzene rings is 2. The number of fused-ring (bicyclic) bond motifs is 1. The molecule has 2 aromatic carbocycles. The van der Waals surface area contributed by atoms with Gasteiger partial charge >= 0.3 is 0 Å². The van der Waals surface area contributed by atoms with Gasteiger partial charge in [-0.3, -0.25) is 0 Å². The summed E-state index contributed by atoms with van der Waals surface area (Å²) in [6.07, 6.45) is 2.36. The first-order chi connectivity index (χ1) is 16.7. The number of rotatable bonds is 6. The van der Waals surface area contributed by atoms with E-state index in [1.807, 2.05) is 30.3 Å². The summed E-state index contributed by atoms with van der Waals surface area (Å²) in [7, 11) is 3.29. The molecule has 174 valence electrons. The molecule has 0 spiro atoms. The number of aromatic nitrogens is 3. The van der Waals surface area contributed by atoms with Gasteiger partial charge in [-0.05, 0) is 29.8 Å². The van der Waals surface area contributed by atoms with Crippen LogP contribution in [0.15, 0.2) is 60.8 Å². The van der Waals surface area contributed by atoms with Crippen LogP contribution in [0.2, 0.25) is 0 Å². The standard InChI is InChI=1S/C26H28N6O2/c1-33-23-9-7-18(16-24(23)34-2)15-22-20-5-3-4-6-21(20)26(30-29-22)32-13-11-31(12-14-32)25-10-8-19(27)17-28-25/h3-10,16-17H,11-15,27H2,1-2H3. The molecule has 1 aliphatic heterocycles. The maximum absolute atomic E-state index is 5.78. The second-order valence-corrected chi connectivity index (χ2v) is 8.31. The number of pyridine rings is 1. The number of nitrogen functional groups attached to an aromatic ring is 1. The van der Waals surface area contributed by atoms with E-state index in [1.165, 1.54) is 0 Å². The van der Waals surface area contributed by atoms with E-state index >= 15 is 0 Å². The summed E-state index contributed by atoms with van der Waals surface area (Å²) in [6.45, 7) is 3.42.